The highest BCUT2D eigenvalue weighted by Gasteiger charge is 2.08. The van der Waals surface area contributed by atoms with Crippen LogP contribution in [0.1, 0.15) is 20.3 Å². The van der Waals surface area contributed by atoms with Crippen LogP contribution in [-0.4, -0.2) is 42.4 Å². The van der Waals surface area contributed by atoms with Gasteiger partial charge in [0.05, 0.1) is 0 Å². The molecule has 0 spiro atoms. The van der Waals surface area contributed by atoms with Crippen molar-refractivity contribution >= 4 is 0 Å². The maximum Gasteiger partial charge on any atom is 0.119 e. The fourth-order valence-electron chi connectivity index (χ4n) is 1.70. The van der Waals surface area contributed by atoms with Crippen molar-refractivity contribution in [2.24, 2.45) is 0 Å². The van der Waals surface area contributed by atoms with Crippen LogP contribution >= 0.6 is 0 Å². The lowest BCUT2D eigenvalue weighted by Crippen LogP contribution is -2.35. The third-order valence-electron chi connectivity index (χ3n) is 2.72. The van der Waals surface area contributed by atoms with E-state index in [0.29, 0.717) is 12.6 Å². The molecule has 0 radical (unpaired) electrons. The van der Waals surface area contributed by atoms with Crippen molar-refractivity contribution < 1.29 is 9.84 Å². The number of benzene rings is 1. The molecule has 0 aliphatic carbocycles. The van der Waals surface area contributed by atoms with E-state index in [-0.39, 0.29) is 6.61 Å². The molecule has 0 bridgehead atoms. The normalized spacial score (nSPS) is 11.1. The van der Waals surface area contributed by atoms with Gasteiger partial charge in [-0.05, 0) is 32.4 Å². The molecule has 0 atom stereocenters. The molecule has 0 fully saturated rings. The Morgan fingerprint density at radius 3 is 2.47 bits per heavy atom. The Hall–Kier alpha value is -1.06. The molecule has 0 heterocycles. The van der Waals surface area contributed by atoms with Gasteiger partial charge in [0, 0.05) is 25.7 Å². The second-order valence-electron chi connectivity index (χ2n) is 4.37. The van der Waals surface area contributed by atoms with Gasteiger partial charge in [0.1, 0.15) is 12.4 Å². The molecule has 1 N–H and O–H groups in total. The highest BCUT2D eigenvalue weighted by atomic mass is 16.5. The summed E-state index contributed by atoms with van der Waals surface area (Å²) in [6.45, 7) is 7.09. The molecule has 0 aliphatic rings. The van der Waals surface area contributed by atoms with E-state index in [2.05, 4.69) is 18.7 Å². The van der Waals surface area contributed by atoms with Crippen molar-refractivity contribution in [1.82, 2.24) is 4.90 Å². The Bertz CT molecular complexity index is 288. The van der Waals surface area contributed by atoms with Crippen molar-refractivity contribution in [2.75, 3.05) is 26.3 Å². The Balaban J connectivity index is 2.27. The first-order chi connectivity index (χ1) is 8.24. The molecule has 3 nitrogen and oxygen atoms in total. The van der Waals surface area contributed by atoms with Gasteiger partial charge in [0.2, 0.25) is 0 Å². The average Bonchev–Trinajstić information content (AvgIpc) is 2.34. The van der Waals surface area contributed by atoms with Gasteiger partial charge in [-0.25, -0.2) is 0 Å². The second-order valence-corrected chi connectivity index (χ2v) is 4.37. The SMILES string of the molecule is CC(C)N(CCCO)CCOc1ccccc1. The van der Waals surface area contributed by atoms with E-state index in [9.17, 15) is 0 Å². The van der Waals surface area contributed by atoms with Crippen LogP contribution in [0.5, 0.6) is 5.75 Å². The fraction of sp³-hybridized carbons (Fsp3) is 0.571. The number of aliphatic hydroxyl groups excluding tert-OH is 1. The summed E-state index contributed by atoms with van der Waals surface area (Å²) < 4.78 is 5.66. The van der Waals surface area contributed by atoms with Gasteiger partial charge in [-0.2, -0.15) is 0 Å². The first kappa shape index (κ1) is 14.0. The first-order valence-corrected chi connectivity index (χ1v) is 6.27. The zero-order valence-electron chi connectivity index (χ0n) is 10.8. The van der Waals surface area contributed by atoms with E-state index in [0.717, 1.165) is 25.3 Å². The molecule has 1 rings (SSSR count). The summed E-state index contributed by atoms with van der Waals surface area (Å²) in [4.78, 5) is 2.32. The maximum atomic E-state index is 8.84. The molecule has 96 valence electrons. The first-order valence-electron chi connectivity index (χ1n) is 6.27. The summed E-state index contributed by atoms with van der Waals surface area (Å²) in [5, 5.41) is 8.84. The van der Waals surface area contributed by atoms with Gasteiger partial charge in [0.15, 0.2) is 0 Å². The smallest absolute Gasteiger partial charge is 0.119 e. The van der Waals surface area contributed by atoms with Gasteiger partial charge in [-0.15, -0.1) is 0 Å². The molecule has 0 aromatic heterocycles. The fourth-order valence-corrected chi connectivity index (χ4v) is 1.70. The van der Waals surface area contributed by atoms with Crippen molar-refractivity contribution in [2.45, 2.75) is 26.3 Å². The monoisotopic (exact) mass is 237 g/mol. The Morgan fingerprint density at radius 2 is 1.88 bits per heavy atom. The minimum absolute atomic E-state index is 0.253. The van der Waals surface area contributed by atoms with Crippen LogP contribution in [0.4, 0.5) is 0 Å². The summed E-state index contributed by atoms with van der Waals surface area (Å²) in [5.74, 6) is 0.915. The van der Waals surface area contributed by atoms with Gasteiger partial charge in [-0.3, -0.25) is 4.90 Å². The van der Waals surface area contributed by atoms with E-state index in [4.69, 9.17) is 9.84 Å². The minimum Gasteiger partial charge on any atom is -0.492 e. The molecule has 0 saturated heterocycles. The summed E-state index contributed by atoms with van der Waals surface area (Å²) in [7, 11) is 0. The molecule has 1 aromatic rings. The van der Waals surface area contributed by atoms with E-state index >= 15 is 0 Å². The standard InChI is InChI=1S/C14H23NO2/c1-13(2)15(9-6-11-16)10-12-17-14-7-4-3-5-8-14/h3-5,7-8,13,16H,6,9-12H2,1-2H3. The molecule has 3 heteroatoms. The molecule has 0 saturated carbocycles. The third-order valence-corrected chi connectivity index (χ3v) is 2.72. The number of hydrogen-bond donors (Lipinski definition) is 1. The van der Waals surface area contributed by atoms with Crippen molar-refractivity contribution in [1.29, 1.82) is 0 Å². The van der Waals surface area contributed by atoms with Crippen LogP contribution in [0.15, 0.2) is 30.3 Å². The summed E-state index contributed by atoms with van der Waals surface area (Å²) in [6.07, 6.45) is 0.823. The predicted octanol–water partition coefficient (Wildman–Crippen LogP) is 2.16. The lowest BCUT2D eigenvalue weighted by Gasteiger charge is -2.26. The van der Waals surface area contributed by atoms with Gasteiger partial charge in [-0.1, -0.05) is 18.2 Å². The summed E-state index contributed by atoms with van der Waals surface area (Å²) >= 11 is 0. The topological polar surface area (TPSA) is 32.7 Å². The van der Waals surface area contributed by atoms with Crippen LogP contribution in [0.2, 0.25) is 0 Å². The number of rotatable bonds is 8. The highest BCUT2D eigenvalue weighted by molar-refractivity contribution is 5.20. The maximum absolute atomic E-state index is 8.84. The minimum atomic E-state index is 0.253. The van der Waals surface area contributed by atoms with E-state index in [1.54, 1.807) is 0 Å². The molecule has 17 heavy (non-hydrogen) atoms. The predicted molar refractivity (Wildman–Crippen MR) is 70.3 cm³/mol. The van der Waals surface area contributed by atoms with Gasteiger partial charge < -0.3 is 9.84 Å². The molecule has 1 aromatic carbocycles. The Morgan fingerprint density at radius 1 is 1.18 bits per heavy atom. The molecule has 0 aliphatic heterocycles. The Labute approximate surface area is 104 Å². The molecular formula is C14H23NO2. The highest BCUT2D eigenvalue weighted by Crippen LogP contribution is 2.08. The molecule has 0 amide bonds. The lowest BCUT2D eigenvalue weighted by molar-refractivity contribution is 0.160. The van der Waals surface area contributed by atoms with Gasteiger partial charge >= 0.3 is 0 Å². The van der Waals surface area contributed by atoms with E-state index < -0.39 is 0 Å². The van der Waals surface area contributed by atoms with Crippen LogP contribution in [0.25, 0.3) is 0 Å². The van der Waals surface area contributed by atoms with Crippen LogP contribution < -0.4 is 4.74 Å². The van der Waals surface area contributed by atoms with Gasteiger partial charge in [0.25, 0.3) is 0 Å². The second kappa shape index (κ2) is 8.09. The number of hydrogen-bond acceptors (Lipinski definition) is 3. The summed E-state index contributed by atoms with van der Waals surface area (Å²) in [6, 6.07) is 10.3. The number of aliphatic hydroxyl groups is 1. The lowest BCUT2D eigenvalue weighted by atomic mass is 10.3. The average molecular weight is 237 g/mol. The quantitative estimate of drug-likeness (QED) is 0.752. The zero-order chi connectivity index (χ0) is 12.5. The largest absolute Gasteiger partial charge is 0.492 e. The zero-order valence-corrected chi connectivity index (χ0v) is 10.8. The van der Waals surface area contributed by atoms with Crippen LogP contribution in [-0.2, 0) is 0 Å². The van der Waals surface area contributed by atoms with Crippen LogP contribution in [0, 0.1) is 0 Å². The third kappa shape index (κ3) is 5.71. The van der Waals surface area contributed by atoms with Crippen molar-refractivity contribution in [3.05, 3.63) is 30.3 Å². The number of ether oxygens (including phenoxy) is 1. The number of para-hydroxylation sites is 1. The van der Waals surface area contributed by atoms with Crippen LogP contribution in [0.3, 0.4) is 0 Å². The number of nitrogens with zero attached hydrogens (tertiary/aromatic N) is 1. The Kier molecular flexibility index (Phi) is 6.67. The molecule has 0 unspecified atom stereocenters. The van der Waals surface area contributed by atoms with E-state index in [1.165, 1.54) is 0 Å². The van der Waals surface area contributed by atoms with Crippen molar-refractivity contribution in [3.63, 3.8) is 0 Å². The molecular weight excluding hydrogens is 214 g/mol. The summed E-state index contributed by atoms with van der Waals surface area (Å²) in [5.41, 5.74) is 0. The van der Waals surface area contributed by atoms with Crippen molar-refractivity contribution in [3.8, 4) is 5.75 Å². The van der Waals surface area contributed by atoms with E-state index in [1.807, 2.05) is 30.3 Å².